The van der Waals surface area contributed by atoms with E-state index >= 15 is 0 Å². The van der Waals surface area contributed by atoms with Crippen molar-refractivity contribution >= 4 is 28.6 Å². The summed E-state index contributed by atoms with van der Waals surface area (Å²) in [7, 11) is 1.11. The van der Waals surface area contributed by atoms with E-state index in [0.29, 0.717) is 0 Å². The number of esters is 1. The van der Waals surface area contributed by atoms with E-state index in [1.807, 2.05) is 0 Å². The maximum absolute atomic E-state index is 12.5. The van der Waals surface area contributed by atoms with Crippen molar-refractivity contribution in [3.8, 4) is 0 Å². The molecule has 0 N–H and O–H groups in total. The molecule has 8 heteroatoms. The normalized spacial score (nSPS) is 11.6. The zero-order chi connectivity index (χ0) is 12.5. The minimum atomic E-state index is -4.57. The van der Waals surface area contributed by atoms with Gasteiger partial charge in [-0.2, -0.15) is 18.3 Å². The topological polar surface area (TPSA) is 44.1 Å². The van der Waals surface area contributed by atoms with Crippen LogP contribution in [0.1, 0.15) is 23.1 Å². The predicted octanol–water partition coefficient (Wildman–Crippen LogP) is 2.31. The number of carbonyl (C=O) groups is 1. The van der Waals surface area contributed by atoms with E-state index in [4.69, 9.17) is 0 Å². The molecule has 1 aromatic rings. The zero-order valence-corrected chi connectivity index (χ0v) is 10.6. The molecule has 0 bridgehead atoms. The molecule has 0 amide bonds. The summed E-state index contributed by atoms with van der Waals surface area (Å²) < 4.78 is 42.7. The van der Waals surface area contributed by atoms with Crippen LogP contribution >= 0.6 is 22.6 Å². The number of nitrogens with zero attached hydrogens (tertiary/aromatic N) is 2. The Labute approximate surface area is 103 Å². The maximum atomic E-state index is 12.5. The Morgan fingerprint density at radius 1 is 1.56 bits per heavy atom. The first-order chi connectivity index (χ1) is 7.32. The van der Waals surface area contributed by atoms with Gasteiger partial charge >= 0.3 is 12.1 Å². The maximum Gasteiger partial charge on any atom is 0.436 e. The van der Waals surface area contributed by atoms with E-state index in [0.717, 1.165) is 11.8 Å². The smallest absolute Gasteiger partial charge is 0.436 e. The molecule has 0 aromatic carbocycles. The molecule has 0 saturated carbocycles. The van der Waals surface area contributed by atoms with Crippen LogP contribution in [0.4, 0.5) is 13.2 Å². The first-order valence-electron chi connectivity index (χ1n) is 4.24. The second-order valence-corrected chi connectivity index (χ2v) is 3.90. The van der Waals surface area contributed by atoms with Crippen molar-refractivity contribution in [2.45, 2.75) is 19.6 Å². The molecule has 0 fully saturated rings. The van der Waals surface area contributed by atoms with Crippen LogP contribution in [0.2, 0.25) is 0 Å². The SMILES string of the molecule is CCn1nc(C(F)(F)F)c(I)c1C(=O)OC. The predicted molar refractivity (Wildman–Crippen MR) is 57.0 cm³/mol. The highest BCUT2D eigenvalue weighted by atomic mass is 127. The Balaban J connectivity index is 3.38. The lowest BCUT2D eigenvalue weighted by Gasteiger charge is -2.02. The van der Waals surface area contributed by atoms with Gasteiger partial charge in [-0.1, -0.05) is 0 Å². The molecule has 16 heavy (non-hydrogen) atoms. The Morgan fingerprint density at radius 2 is 2.12 bits per heavy atom. The fraction of sp³-hybridized carbons (Fsp3) is 0.500. The number of halogens is 4. The van der Waals surface area contributed by atoms with Gasteiger partial charge in [-0.05, 0) is 29.5 Å². The van der Waals surface area contributed by atoms with Gasteiger partial charge < -0.3 is 4.74 Å². The number of rotatable bonds is 2. The van der Waals surface area contributed by atoms with Gasteiger partial charge in [-0.3, -0.25) is 4.68 Å². The Kier molecular flexibility index (Phi) is 3.81. The molecule has 1 rings (SSSR count). The van der Waals surface area contributed by atoms with Crippen LogP contribution in [0, 0.1) is 3.57 Å². The van der Waals surface area contributed by atoms with Gasteiger partial charge in [0.15, 0.2) is 11.4 Å². The molecule has 0 radical (unpaired) electrons. The van der Waals surface area contributed by atoms with Crippen LogP contribution in [0.3, 0.4) is 0 Å². The molecule has 0 aliphatic rings. The highest BCUT2D eigenvalue weighted by Crippen LogP contribution is 2.33. The molecule has 1 heterocycles. The summed E-state index contributed by atoms with van der Waals surface area (Å²) >= 11 is 1.44. The van der Waals surface area contributed by atoms with Gasteiger partial charge in [-0.25, -0.2) is 4.79 Å². The average molecular weight is 348 g/mol. The van der Waals surface area contributed by atoms with Gasteiger partial charge in [0, 0.05) is 6.54 Å². The van der Waals surface area contributed by atoms with Crippen LogP contribution in [0.25, 0.3) is 0 Å². The van der Waals surface area contributed by atoms with Crippen molar-refractivity contribution in [2.75, 3.05) is 7.11 Å². The summed E-state index contributed by atoms with van der Waals surface area (Å²) in [6.45, 7) is 1.76. The van der Waals surface area contributed by atoms with Crippen LogP contribution in [0.5, 0.6) is 0 Å². The lowest BCUT2D eigenvalue weighted by molar-refractivity contribution is -0.142. The lowest BCUT2D eigenvalue weighted by Crippen LogP contribution is -2.11. The largest absolute Gasteiger partial charge is 0.464 e. The number of alkyl halides is 3. The van der Waals surface area contributed by atoms with E-state index in [1.54, 1.807) is 6.92 Å². The van der Waals surface area contributed by atoms with E-state index in [9.17, 15) is 18.0 Å². The van der Waals surface area contributed by atoms with Crippen molar-refractivity contribution < 1.29 is 22.7 Å². The minimum Gasteiger partial charge on any atom is -0.464 e. The fourth-order valence-corrected chi connectivity index (χ4v) is 2.05. The van der Waals surface area contributed by atoms with Crippen LogP contribution in [-0.2, 0) is 17.5 Å². The van der Waals surface area contributed by atoms with E-state index < -0.39 is 17.8 Å². The van der Waals surface area contributed by atoms with Gasteiger partial charge in [0.2, 0.25) is 0 Å². The molecule has 4 nitrogen and oxygen atoms in total. The van der Waals surface area contributed by atoms with Crippen LogP contribution in [0.15, 0.2) is 0 Å². The Hall–Kier alpha value is -0.800. The molecule has 0 aliphatic heterocycles. The molecule has 0 unspecified atom stereocenters. The van der Waals surface area contributed by atoms with Crippen molar-refractivity contribution in [2.24, 2.45) is 0 Å². The van der Waals surface area contributed by atoms with E-state index in [-0.39, 0.29) is 15.8 Å². The highest BCUT2D eigenvalue weighted by molar-refractivity contribution is 14.1. The number of hydrogen-bond acceptors (Lipinski definition) is 3. The second-order valence-electron chi connectivity index (χ2n) is 2.82. The first-order valence-corrected chi connectivity index (χ1v) is 5.32. The molecule has 0 aliphatic carbocycles. The monoisotopic (exact) mass is 348 g/mol. The summed E-state index contributed by atoms with van der Waals surface area (Å²) in [5, 5.41) is 3.35. The molecule has 0 spiro atoms. The Morgan fingerprint density at radius 3 is 2.50 bits per heavy atom. The van der Waals surface area contributed by atoms with Gasteiger partial charge in [-0.15, -0.1) is 0 Å². The Bertz CT molecular complexity index is 414. The average Bonchev–Trinajstić information content (AvgIpc) is 2.53. The number of ether oxygens (including phenoxy) is 1. The molecule has 0 atom stereocenters. The third kappa shape index (κ3) is 2.30. The summed E-state index contributed by atoms with van der Waals surface area (Å²) in [5.74, 6) is -0.825. The van der Waals surface area contributed by atoms with Crippen molar-refractivity contribution in [3.05, 3.63) is 15.0 Å². The third-order valence-electron chi connectivity index (χ3n) is 1.84. The summed E-state index contributed by atoms with van der Waals surface area (Å²) in [5.41, 5.74) is -1.23. The number of carbonyl (C=O) groups excluding carboxylic acids is 1. The van der Waals surface area contributed by atoms with Crippen LogP contribution in [-0.4, -0.2) is 22.9 Å². The summed E-state index contributed by atoms with van der Waals surface area (Å²) in [4.78, 5) is 11.3. The number of aromatic nitrogens is 2. The van der Waals surface area contributed by atoms with Crippen molar-refractivity contribution in [3.63, 3.8) is 0 Å². The number of aryl methyl sites for hydroxylation is 1. The number of hydrogen-bond donors (Lipinski definition) is 0. The van der Waals surface area contributed by atoms with Crippen molar-refractivity contribution in [1.82, 2.24) is 9.78 Å². The standard InChI is InChI=1S/C8H8F3IN2O2/c1-3-14-5(7(15)16-2)4(12)6(13-14)8(9,10)11/h3H2,1-2H3. The number of methoxy groups -OCH3 is 1. The summed E-state index contributed by atoms with van der Waals surface area (Å²) in [6.07, 6.45) is -4.57. The second kappa shape index (κ2) is 4.60. The molecule has 90 valence electrons. The zero-order valence-electron chi connectivity index (χ0n) is 8.43. The van der Waals surface area contributed by atoms with Gasteiger partial charge in [0.05, 0.1) is 10.7 Å². The van der Waals surface area contributed by atoms with E-state index in [2.05, 4.69) is 9.84 Å². The van der Waals surface area contributed by atoms with Gasteiger partial charge in [0.1, 0.15) is 0 Å². The lowest BCUT2D eigenvalue weighted by atomic mass is 10.3. The van der Waals surface area contributed by atoms with Gasteiger partial charge in [0.25, 0.3) is 0 Å². The highest BCUT2D eigenvalue weighted by Gasteiger charge is 2.39. The van der Waals surface area contributed by atoms with Crippen LogP contribution < -0.4 is 0 Å². The third-order valence-corrected chi connectivity index (χ3v) is 2.86. The van der Waals surface area contributed by atoms with Crippen molar-refractivity contribution in [1.29, 1.82) is 0 Å². The fourth-order valence-electron chi connectivity index (χ4n) is 1.14. The molecular weight excluding hydrogens is 340 g/mol. The first kappa shape index (κ1) is 13.3. The molecule has 0 saturated heterocycles. The minimum absolute atomic E-state index is 0.163. The quantitative estimate of drug-likeness (QED) is 0.609. The summed E-state index contributed by atoms with van der Waals surface area (Å²) in [6, 6.07) is 0. The molecular formula is C8H8F3IN2O2. The molecule has 1 aromatic heterocycles. The van der Waals surface area contributed by atoms with E-state index in [1.165, 1.54) is 22.6 Å².